The van der Waals surface area contributed by atoms with Gasteiger partial charge in [0.25, 0.3) is 0 Å². The third-order valence-electron chi connectivity index (χ3n) is 8.59. The minimum Gasteiger partial charge on any atom is -0.481 e. The maximum Gasteiger partial charge on any atom is 0.335 e. The van der Waals surface area contributed by atoms with Crippen LogP contribution in [0.4, 0.5) is 0 Å². The summed E-state index contributed by atoms with van der Waals surface area (Å²) in [5, 5.41) is 18.7. The van der Waals surface area contributed by atoms with Gasteiger partial charge in [0.1, 0.15) is 5.75 Å². The predicted molar refractivity (Wildman–Crippen MR) is 180 cm³/mol. The van der Waals surface area contributed by atoms with Crippen molar-refractivity contribution in [2.24, 2.45) is 0 Å². The Kier molecular flexibility index (Phi) is 11.3. The second kappa shape index (κ2) is 15.8. The number of aliphatic carboxylic acids is 1. The van der Waals surface area contributed by atoms with Crippen molar-refractivity contribution in [3.63, 3.8) is 0 Å². The number of hydrogen-bond donors (Lipinski definition) is 3. The van der Waals surface area contributed by atoms with Crippen molar-refractivity contribution >= 4 is 24.6 Å². The van der Waals surface area contributed by atoms with Gasteiger partial charge in [0.05, 0.1) is 5.56 Å². The summed E-state index contributed by atoms with van der Waals surface area (Å²) in [6.45, 7) is 1.54. The number of para-hydroxylation sites is 1. The fraction of sp³-hybridized carbons (Fsp3) is 0.316. The summed E-state index contributed by atoms with van der Waals surface area (Å²) in [4.78, 5) is 25.2. The van der Waals surface area contributed by atoms with Gasteiger partial charge in [-0.05, 0) is 97.5 Å². The molecule has 6 nitrogen and oxygen atoms in total. The Balaban J connectivity index is 1.28. The predicted octanol–water partition coefficient (Wildman–Crippen LogP) is 8.16. The summed E-state index contributed by atoms with van der Waals surface area (Å²) in [6.07, 6.45) is 6.02. The number of fused-ring (bicyclic) bond motifs is 1. The molecular weight excluding hydrogens is 582 g/mol. The van der Waals surface area contributed by atoms with Crippen LogP contribution in [0.3, 0.4) is 0 Å². The first-order valence-electron chi connectivity index (χ1n) is 15.7. The molecule has 0 saturated heterocycles. The van der Waals surface area contributed by atoms with Gasteiger partial charge in [-0.2, -0.15) is 0 Å². The van der Waals surface area contributed by atoms with Crippen molar-refractivity contribution in [3.05, 3.63) is 136 Å². The minimum atomic E-state index is -0.910. The highest BCUT2D eigenvalue weighted by molar-refractivity contribution is 7.80. The highest BCUT2D eigenvalue weighted by Gasteiger charge is 2.27. The molecule has 4 aromatic rings. The van der Waals surface area contributed by atoms with Gasteiger partial charge in [0.15, 0.2) is 5.44 Å². The SMILES string of the molecule is O=C(O)CCCCN(CCc1ccccc1OC(S)c1ccc(Cc2ccccc2)cc1)C1CCCc2cc(C(=O)O)ccc21. The third kappa shape index (κ3) is 8.99. The summed E-state index contributed by atoms with van der Waals surface area (Å²) < 4.78 is 6.41. The van der Waals surface area contributed by atoms with Gasteiger partial charge in [0.2, 0.25) is 0 Å². The molecule has 0 fully saturated rings. The van der Waals surface area contributed by atoms with E-state index in [2.05, 4.69) is 59.5 Å². The number of carbonyl (C=O) groups is 2. The van der Waals surface area contributed by atoms with Crippen LogP contribution in [0.15, 0.2) is 97.1 Å². The number of unbranched alkanes of at least 4 members (excludes halogenated alkanes) is 1. The molecule has 1 aliphatic carbocycles. The van der Waals surface area contributed by atoms with Gasteiger partial charge in [-0.1, -0.05) is 78.9 Å². The van der Waals surface area contributed by atoms with E-state index in [-0.39, 0.29) is 12.5 Å². The standard InChI is InChI=1S/C38H41NO5S/c40-36(41)15-6-7-23-39(34-13-8-12-31-26-32(37(42)43)20-21-33(31)34)24-22-29-11-4-5-14-35(29)44-38(45)30-18-16-28(17-19-30)25-27-9-2-1-3-10-27/h1-5,9-11,14,16-21,26,34,38,45H,6-8,12-13,15,22-25H2,(H,40,41)(H,42,43). The summed E-state index contributed by atoms with van der Waals surface area (Å²) in [7, 11) is 0. The number of aryl methyl sites for hydroxylation is 1. The van der Waals surface area contributed by atoms with Gasteiger partial charge in [-0.25, -0.2) is 4.79 Å². The molecule has 7 heteroatoms. The van der Waals surface area contributed by atoms with E-state index in [1.807, 2.05) is 36.4 Å². The van der Waals surface area contributed by atoms with Gasteiger partial charge in [-0.3, -0.25) is 9.69 Å². The Hall–Kier alpha value is -4.07. The highest BCUT2D eigenvalue weighted by Crippen LogP contribution is 2.36. The molecule has 2 atom stereocenters. The van der Waals surface area contributed by atoms with E-state index in [1.165, 1.54) is 16.7 Å². The molecule has 0 radical (unpaired) electrons. The minimum absolute atomic E-state index is 0.154. The van der Waals surface area contributed by atoms with E-state index < -0.39 is 17.4 Å². The fourth-order valence-corrected chi connectivity index (χ4v) is 6.51. The number of nitrogens with zero attached hydrogens (tertiary/aromatic N) is 1. The van der Waals surface area contributed by atoms with Crippen LogP contribution in [0, 0.1) is 0 Å². The highest BCUT2D eigenvalue weighted by atomic mass is 32.1. The maximum absolute atomic E-state index is 11.6. The van der Waals surface area contributed by atoms with Crippen molar-refractivity contribution in [2.75, 3.05) is 13.1 Å². The summed E-state index contributed by atoms with van der Waals surface area (Å²) in [5.74, 6) is -0.886. The first-order valence-corrected chi connectivity index (χ1v) is 16.3. The number of carboxylic acid groups (broad SMARTS) is 2. The molecule has 4 aromatic carbocycles. The largest absolute Gasteiger partial charge is 0.481 e. The smallest absolute Gasteiger partial charge is 0.335 e. The zero-order valence-corrected chi connectivity index (χ0v) is 26.4. The normalized spacial score (nSPS) is 14.9. The monoisotopic (exact) mass is 623 g/mol. The molecule has 0 saturated carbocycles. The number of carboxylic acids is 2. The second-order valence-corrected chi connectivity index (χ2v) is 12.2. The molecular formula is C38H41NO5S. The topological polar surface area (TPSA) is 87.1 Å². The van der Waals surface area contributed by atoms with Crippen LogP contribution in [0.2, 0.25) is 0 Å². The number of aromatic carboxylic acids is 1. The Bertz CT molecular complexity index is 1570. The van der Waals surface area contributed by atoms with Gasteiger partial charge < -0.3 is 14.9 Å². The van der Waals surface area contributed by atoms with Gasteiger partial charge >= 0.3 is 11.9 Å². The van der Waals surface area contributed by atoms with Crippen LogP contribution in [-0.2, 0) is 24.1 Å². The molecule has 2 unspecified atom stereocenters. The number of thiol groups is 1. The summed E-state index contributed by atoms with van der Waals surface area (Å²) in [6, 6.07) is 32.5. The molecule has 0 aliphatic heterocycles. The summed E-state index contributed by atoms with van der Waals surface area (Å²) in [5.41, 5.74) is 6.76. The number of rotatable bonds is 15. The van der Waals surface area contributed by atoms with Gasteiger partial charge in [0, 0.05) is 24.6 Å². The second-order valence-electron chi connectivity index (χ2n) is 11.7. The lowest BCUT2D eigenvalue weighted by atomic mass is 9.85. The molecule has 0 bridgehead atoms. The van der Waals surface area contributed by atoms with Crippen molar-refractivity contribution in [1.29, 1.82) is 0 Å². The zero-order chi connectivity index (χ0) is 31.6. The molecule has 0 heterocycles. The Morgan fingerprint density at radius 3 is 2.36 bits per heavy atom. The van der Waals surface area contributed by atoms with E-state index in [9.17, 15) is 14.7 Å². The van der Waals surface area contributed by atoms with E-state index in [4.69, 9.17) is 22.5 Å². The van der Waals surface area contributed by atoms with E-state index in [0.717, 1.165) is 74.1 Å². The number of hydrogen-bond acceptors (Lipinski definition) is 5. The Labute approximate surface area is 271 Å². The average Bonchev–Trinajstić information content (AvgIpc) is 3.05. The molecule has 234 valence electrons. The lowest BCUT2D eigenvalue weighted by Gasteiger charge is -2.36. The van der Waals surface area contributed by atoms with Crippen molar-refractivity contribution in [2.45, 2.75) is 62.8 Å². The lowest BCUT2D eigenvalue weighted by Crippen LogP contribution is -2.34. The maximum atomic E-state index is 11.6. The van der Waals surface area contributed by atoms with E-state index in [0.29, 0.717) is 12.0 Å². The van der Waals surface area contributed by atoms with E-state index in [1.54, 1.807) is 6.07 Å². The third-order valence-corrected chi connectivity index (χ3v) is 9.00. The molecule has 45 heavy (non-hydrogen) atoms. The summed E-state index contributed by atoms with van der Waals surface area (Å²) >= 11 is 4.81. The van der Waals surface area contributed by atoms with Crippen LogP contribution in [0.5, 0.6) is 5.75 Å². The molecule has 0 amide bonds. The molecule has 0 aromatic heterocycles. The van der Waals surface area contributed by atoms with Crippen LogP contribution in [0.1, 0.15) is 87.3 Å². The van der Waals surface area contributed by atoms with Crippen molar-refractivity contribution in [3.8, 4) is 5.75 Å². The van der Waals surface area contributed by atoms with Crippen LogP contribution >= 0.6 is 12.6 Å². The lowest BCUT2D eigenvalue weighted by molar-refractivity contribution is -0.137. The first-order chi connectivity index (χ1) is 21.9. The Morgan fingerprint density at radius 1 is 0.867 bits per heavy atom. The zero-order valence-electron chi connectivity index (χ0n) is 25.5. The molecule has 5 rings (SSSR count). The van der Waals surface area contributed by atoms with Crippen molar-refractivity contribution < 1.29 is 24.5 Å². The Morgan fingerprint density at radius 2 is 1.60 bits per heavy atom. The van der Waals surface area contributed by atoms with Gasteiger partial charge in [-0.15, -0.1) is 12.6 Å². The number of ether oxygens (including phenoxy) is 1. The van der Waals surface area contributed by atoms with Crippen LogP contribution in [-0.4, -0.2) is 40.1 Å². The van der Waals surface area contributed by atoms with Crippen LogP contribution in [0.25, 0.3) is 0 Å². The fourth-order valence-electron chi connectivity index (χ4n) is 6.22. The molecule has 0 spiro atoms. The average molecular weight is 624 g/mol. The first kappa shape index (κ1) is 32.3. The quantitative estimate of drug-likeness (QED) is 0.0704. The van der Waals surface area contributed by atoms with Crippen molar-refractivity contribution in [1.82, 2.24) is 4.90 Å². The van der Waals surface area contributed by atoms with Crippen LogP contribution < -0.4 is 4.74 Å². The molecule has 1 aliphatic rings. The van der Waals surface area contributed by atoms with E-state index >= 15 is 0 Å². The molecule has 2 N–H and O–H groups in total. The number of benzene rings is 4.